The molecule has 0 aliphatic heterocycles. The van der Waals surface area contributed by atoms with Gasteiger partial charge in [-0.1, -0.05) is 43.8 Å². The van der Waals surface area contributed by atoms with E-state index in [4.69, 9.17) is 0 Å². The molecular weight excluding hydrogens is 269 g/mol. The second-order valence-corrected chi connectivity index (χ2v) is 6.24. The van der Waals surface area contributed by atoms with Gasteiger partial charge in [-0.05, 0) is 42.3 Å². The fraction of sp³-hybridized carbons (Fsp3) is 0.294. The fourth-order valence-corrected chi connectivity index (χ4v) is 2.90. The van der Waals surface area contributed by atoms with Crippen LogP contribution in [0.3, 0.4) is 0 Å². The van der Waals surface area contributed by atoms with Gasteiger partial charge in [0.2, 0.25) is 0 Å². The van der Waals surface area contributed by atoms with Crippen LogP contribution in [0.5, 0.6) is 0 Å². The second-order valence-electron chi connectivity index (χ2n) is 5.16. The molecule has 1 N–H and O–H groups in total. The van der Waals surface area contributed by atoms with Crippen LogP contribution in [0.4, 0.5) is 4.39 Å². The predicted octanol–water partition coefficient (Wildman–Crippen LogP) is 4.78. The highest BCUT2D eigenvalue weighted by Crippen LogP contribution is 2.32. The van der Waals surface area contributed by atoms with Gasteiger partial charge >= 0.3 is 0 Å². The Morgan fingerprint density at radius 2 is 1.85 bits per heavy atom. The van der Waals surface area contributed by atoms with Crippen molar-refractivity contribution in [2.45, 2.75) is 43.1 Å². The normalized spacial score (nSPS) is 11.1. The summed E-state index contributed by atoms with van der Waals surface area (Å²) in [6, 6.07) is 13.7. The first-order valence-electron chi connectivity index (χ1n) is 6.81. The maximum atomic E-state index is 13.5. The van der Waals surface area contributed by atoms with Gasteiger partial charge in [-0.15, -0.1) is 0 Å². The summed E-state index contributed by atoms with van der Waals surface area (Å²) in [5.41, 5.74) is 2.25. The van der Waals surface area contributed by atoms with Crippen LogP contribution in [0.2, 0.25) is 0 Å². The van der Waals surface area contributed by atoms with Gasteiger partial charge in [-0.3, -0.25) is 0 Å². The third-order valence-corrected chi connectivity index (χ3v) is 4.33. The highest BCUT2D eigenvalue weighted by molar-refractivity contribution is 7.99. The largest absolute Gasteiger partial charge is 0.310 e. The molecule has 0 saturated heterocycles. The van der Waals surface area contributed by atoms with Crippen molar-refractivity contribution in [3.63, 3.8) is 0 Å². The summed E-state index contributed by atoms with van der Waals surface area (Å²) >= 11 is 1.69. The Labute approximate surface area is 124 Å². The molecule has 2 aromatic carbocycles. The third-order valence-electron chi connectivity index (χ3n) is 3.04. The van der Waals surface area contributed by atoms with Crippen molar-refractivity contribution in [3.8, 4) is 0 Å². The quantitative estimate of drug-likeness (QED) is 0.850. The van der Waals surface area contributed by atoms with Crippen molar-refractivity contribution in [1.82, 2.24) is 5.32 Å². The Balaban J connectivity index is 2.24. The average Bonchev–Trinajstić information content (AvgIpc) is 2.41. The number of halogens is 1. The van der Waals surface area contributed by atoms with Crippen LogP contribution in [0, 0.1) is 12.7 Å². The molecule has 20 heavy (non-hydrogen) atoms. The van der Waals surface area contributed by atoms with E-state index in [-0.39, 0.29) is 5.82 Å². The average molecular weight is 289 g/mol. The molecule has 0 atom stereocenters. The molecule has 0 heterocycles. The summed E-state index contributed by atoms with van der Waals surface area (Å²) in [5, 5.41) is 3.35. The predicted molar refractivity (Wildman–Crippen MR) is 83.7 cm³/mol. The van der Waals surface area contributed by atoms with Gasteiger partial charge in [-0.25, -0.2) is 4.39 Å². The fourth-order valence-electron chi connectivity index (χ4n) is 1.89. The van der Waals surface area contributed by atoms with Crippen LogP contribution < -0.4 is 5.32 Å². The molecule has 0 aliphatic rings. The topological polar surface area (TPSA) is 12.0 Å². The standard InChI is InChI=1S/C17H20FNS/c1-12(2)19-11-14-10-15(18)8-9-17(14)20-16-7-5-4-6-13(16)3/h4-10,12,19H,11H2,1-3H3. The number of aryl methyl sites for hydroxylation is 1. The molecule has 106 valence electrons. The monoisotopic (exact) mass is 289 g/mol. The molecular formula is C17H20FNS. The SMILES string of the molecule is Cc1ccccc1Sc1ccc(F)cc1CNC(C)C. The lowest BCUT2D eigenvalue weighted by molar-refractivity contribution is 0.576. The Hall–Kier alpha value is -1.32. The van der Waals surface area contributed by atoms with Gasteiger partial charge in [0.15, 0.2) is 0 Å². The molecule has 0 unspecified atom stereocenters. The number of hydrogen-bond acceptors (Lipinski definition) is 2. The van der Waals surface area contributed by atoms with E-state index in [1.54, 1.807) is 17.8 Å². The lowest BCUT2D eigenvalue weighted by atomic mass is 10.2. The molecule has 2 rings (SSSR count). The van der Waals surface area contributed by atoms with Crippen LogP contribution in [-0.2, 0) is 6.54 Å². The summed E-state index contributed by atoms with van der Waals surface area (Å²) in [4.78, 5) is 2.32. The maximum absolute atomic E-state index is 13.5. The molecule has 0 spiro atoms. The molecule has 0 fully saturated rings. The summed E-state index contributed by atoms with van der Waals surface area (Å²) in [6.07, 6.45) is 0. The number of nitrogens with one attached hydrogen (secondary N) is 1. The molecule has 0 radical (unpaired) electrons. The lowest BCUT2D eigenvalue weighted by Gasteiger charge is -2.13. The van der Waals surface area contributed by atoms with Gasteiger partial charge in [0.1, 0.15) is 5.82 Å². The van der Waals surface area contributed by atoms with Crippen molar-refractivity contribution in [1.29, 1.82) is 0 Å². The summed E-state index contributed by atoms with van der Waals surface area (Å²) < 4.78 is 13.5. The number of rotatable bonds is 5. The van der Waals surface area contributed by atoms with Gasteiger partial charge < -0.3 is 5.32 Å². The van der Waals surface area contributed by atoms with Gasteiger partial charge in [0, 0.05) is 22.4 Å². The molecule has 1 nitrogen and oxygen atoms in total. The smallest absolute Gasteiger partial charge is 0.123 e. The van der Waals surface area contributed by atoms with Crippen molar-refractivity contribution in [3.05, 3.63) is 59.4 Å². The van der Waals surface area contributed by atoms with E-state index >= 15 is 0 Å². The highest BCUT2D eigenvalue weighted by Gasteiger charge is 2.08. The van der Waals surface area contributed by atoms with E-state index in [2.05, 4.69) is 38.2 Å². The first-order valence-corrected chi connectivity index (χ1v) is 7.63. The van der Waals surface area contributed by atoms with Crippen molar-refractivity contribution < 1.29 is 4.39 Å². The minimum Gasteiger partial charge on any atom is -0.310 e. The molecule has 0 amide bonds. The maximum Gasteiger partial charge on any atom is 0.123 e. The molecule has 0 saturated carbocycles. The second kappa shape index (κ2) is 6.91. The van der Waals surface area contributed by atoms with E-state index in [0.717, 1.165) is 10.5 Å². The molecule has 0 aromatic heterocycles. The zero-order chi connectivity index (χ0) is 14.5. The Bertz CT molecular complexity index is 581. The van der Waals surface area contributed by atoms with Crippen molar-refractivity contribution >= 4 is 11.8 Å². The Kier molecular flexibility index (Phi) is 5.21. The number of hydrogen-bond donors (Lipinski definition) is 1. The van der Waals surface area contributed by atoms with E-state index in [9.17, 15) is 4.39 Å². The third kappa shape index (κ3) is 4.09. The van der Waals surface area contributed by atoms with Gasteiger partial charge in [-0.2, -0.15) is 0 Å². The van der Waals surface area contributed by atoms with Crippen LogP contribution in [0.25, 0.3) is 0 Å². The Morgan fingerprint density at radius 1 is 1.10 bits per heavy atom. The first-order chi connectivity index (χ1) is 9.56. The Morgan fingerprint density at radius 3 is 2.55 bits per heavy atom. The first kappa shape index (κ1) is 15.1. The van der Waals surface area contributed by atoms with Crippen LogP contribution in [-0.4, -0.2) is 6.04 Å². The van der Waals surface area contributed by atoms with Crippen molar-refractivity contribution in [2.75, 3.05) is 0 Å². The molecule has 0 bridgehead atoms. The van der Waals surface area contributed by atoms with Crippen LogP contribution in [0.15, 0.2) is 52.3 Å². The van der Waals surface area contributed by atoms with E-state index in [1.807, 2.05) is 18.2 Å². The minimum atomic E-state index is -0.181. The highest BCUT2D eigenvalue weighted by atomic mass is 32.2. The van der Waals surface area contributed by atoms with E-state index < -0.39 is 0 Å². The molecule has 3 heteroatoms. The van der Waals surface area contributed by atoms with Gasteiger partial charge in [0.25, 0.3) is 0 Å². The van der Waals surface area contributed by atoms with E-state index in [1.165, 1.54) is 16.5 Å². The number of benzene rings is 2. The van der Waals surface area contributed by atoms with E-state index in [0.29, 0.717) is 12.6 Å². The minimum absolute atomic E-state index is 0.181. The zero-order valence-corrected chi connectivity index (χ0v) is 12.9. The summed E-state index contributed by atoms with van der Waals surface area (Å²) in [6.45, 7) is 6.96. The van der Waals surface area contributed by atoms with Crippen LogP contribution >= 0.6 is 11.8 Å². The molecule has 0 aliphatic carbocycles. The summed E-state index contributed by atoms with van der Waals surface area (Å²) in [7, 11) is 0. The zero-order valence-electron chi connectivity index (χ0n) is 12.1. The van der Waals surface area contributed by atoms with Crippen LogP contribution in [0.1, 0.15) is 25.0 Å². The lowest BCUT2D eigenvalue weighted by Crippen LogP contribution is -2.22. The molecule has 2 aromatic rings. The van der Waals surface area contributed by atoms with Gasteiger partial charge in [0.05, 0.1) is 0 Å². The summed E-state index contributed by atoms with van der Waals surface area (Å²) in [5.74, 6) is -0.181. The van der Waals surface area contributed by atoms with Crippen molar-refractivity contribution in [2.24, 2.45) is 0 Å².